The van der Waals surface area contributed by atoms with Gasteiger partial charge >= 0.3 is 5.97 Å². The summed E-state index contributed by atoms with van der Waals surface area (Å²) in [5, 5.41) is 25.7. The summed E-state index contributed by atoms with van der Waals surface area (Å²) in [5.74, 6) is -0.394. The number of carboxylic acid groups (broad SMARTS) is 1. The second kappa shape index (κ2) is 9.57. The molecule has 1 aliphatic rings. The highest BCUT2D eigenvalue weighted by Crippen LogP contribution is 2.30. The number of carbonyl (C=O) groups is 1. The minimum atomic E-state index is -1.18. The maximum atomic E-state index is 11.6. The van der Waals surface area contributed by atoms with Crippen molar-refractivity contribution in [2.24, 2.45) is 5.92 Å². The first kappa shape index (κ1) is 22.7. The smallest absolute Gasteiger partial charge is 0.356 e. The van der Waals surface area contributed by atoms with Gasteiger partial charge in [0.05, 0.1) is 29.4 Å². The van der Waals surface area contributed by atoms with E-state index in [1.165, 1.54) is 6.07 Å². The van der Waals surface area contributed by atoms with Crippen LogP contribution >= 0.6 is 11.6 Å². The standard InChI is InChI=1S/C23H23ClN6O3/c1-12-7-15(13(2)27-16-3-4-19(24)29-21(16)23(31)32)20-17(8-12)28-18(9-25)22(30-20)26-10-14-5-6-33-11-14/h3-4,7-8,13-14,27H,5-6,10-11H2,1-2H3,(H,26,30)(H,31,32)/t13-,14?/m1/s1. The number of benzene rings is 1. The highest BCUT2D eigenvalue weighted by molar-refractivity contribution is 6.29. The van der Waals surface area contributed by atoms with E-state index < -0.39 is 5.97 Å². The second-order valence-electron chi connectivity index (χ2n) is 8.07. The summed E-state index contributed by atoms with van der Waals surface area (Å²) in [5.41, 5.74) is 3.40. The van der Waals surface area contributed by atoms with E-state index in [1.807, 2.05) is 26.0 Å². The van der Waals surface area contributed by atoms with Crippen LogP contribution in [0, 0.1) is 24.2 Å². The van der Waals surface area contributed by atoms with E-state index in [0.717, 1.165) is 24.2 Å². The molecule has 3 aromatic rings. The SMILES string of the molecule is Cc1cc([C@@H](C)Nc2ccc(Cl)nc2C(=O)O)c2nc(NCC3CCOC3)c(C#N)nc2c1. The molecule has 3 N–H and O–H groups in total. The Kier molecular flexibility index (Phi) is 6.58. The van der Waals surface area contributed by atoms with Crippen LogP contribution in [0.25, 0.3) is 11.0 Å². The minimum absolute atomic E-state index is 0.102. The molecule has 0 aliphatic carbocycles. The highest BCUT2D eigenvalue weighted by Gasteiger charge is 2.21. The molecule has 1 unspecified atom stereocenters. The number of rotatable bonds is 7. The van der Waals surface area contributed by atoms with Gasteiger partial charge in [-0.3, -0.25) is 0 Å². The molecule has 0 amide bonds. The van der Waals surface area contributed by atoms with Crippen LogP contribution in [0.5, 0.6) is 0 Å². The van der Waals surface area contributed by atoms with Gasteiger partial charge in [0.2, 0.25) is 0 Å². The number of nitriles is 1. The molecule has 1 fully saturated rings. The third kappa shape index (κ3) is 4.97. The number of nitrogens with one attached hydrogen (secondary N) is 2. The predicted molar refractivity (Wildman–Crippen MR) is 125 cm³/mol. The molecule has 1 aliphatic heterocycles. The maximum Gasteiger partial charge on any atom is 0.356 e. The van der Waals surface area contributed by atoms with Gasteiger partial charge in [-0.2, -0.15) is 5.26 Å². The Labute approximate surface area is 195 Å². The Morgan fingerprint density at radius 2 is 2.18 bits per heavy atom. The zero-order chi connectivity index (χ0) is 23.5. The van der Waals surface area contributed by atoms with Crippen molar-refractivity contribution < 1.29 is 14.6 Å². The average molecular weight is 467 g/mol. The lowest BCUT2D eigenvalue weighted by molar-refractivity contribution is 0.0691. The average Bonchev–Trinajstić information content (AvgIpc) is 3.31. The summed E-state index contributed by atoms with van der Waals surface area (Å²) in [4.78, 5) is 24.8. The fraction of sp³-hybridized carbons (Fsp3) is 0.348. The summed E-state index contributed by atoms with van der Waals surface area (Å²) in [6.07, 6.45) is 0.961. The predicted octanol–water partition coefficient (Wildman–Crippen LogP) is 4.18. The van der Waals surface area contributed by atoms with E-state index in [9.17, 15) is 15.2 Å². The third-order valence-corrected chi connectivity index (χ3v) is 5.74. The lowest BCUT2D eigenvalue weighted by atomic mass is 10.0. The molecule has 10 heteroatoms. The molecule has 0 spiro atoms. The van der Waals surface area contributed by atoms with Crippen molar-refractivity contribution in [1.29, 1.82) is 5.26 Å². The molecule has 1 saturated heterocycles. The normalized spacial score (nSPS) is 16.4. The van der Waals surface area contributed by atoms with Gasteiger partial charge in [0.1, 0.15) is 11.2 Å². The molecular formula is C23H23ClN6O3. The number of fused-ring (bicyclic) bond motifs is 1. The van der Waals surface area contributed by atoms with Gasteiger partial charge in [0.15, 0.2) is 17.2 Å². The summed E-state index contributed by atoms with van der Waals surface area (Å²) in [6, 6.07) is 8.77. The lowest BCUT2D eigenvalue weighted by Crippen LogP contribution is -2.17. The largest absolute Gasteiger partial charge is 0.476 e. The number of pyridine rings is 1. The number of aryl methyl sites for hydroxylation is 1. The van der Waals surface area contributed by atoms with Crippen molar-refractivity contribution in [2.45, 2.75) is 26.3 Å². The number of anilines is 2. The van der Waals surface area contributed by atoms with Crippen molar-refractivity contribution in [3.63, 3.8) is 0 Å². The van der Waals surface area contributed by atoms with Gasteiger partial charge in [0, 0.05) is 24.6 Å². The van der Waals surface area contributed by atoms with Gasteiger partial charge in [-0.1, -0.05) is 17.7 Å². The first-order valence-electron chi connectivity index (χ1n) is 10.6. The summed E-state index contributed by atoms with van der Waals surface area (Å²) in [6.45, 7) is 5.90. The third-order valence-electron chi connectivity index (χ3n) is 5.53. The van der Waals surface area contributed by atoms with Gasteiger partial charge < -0.3 is 20.5 Å². The number of hydrogen-bond acceptors (Lipinski definition) is 8. The molecule has 0 bridgehead atoms. The van der Waals surface area contributed by atoms with Crippen LogP contribution in [0.4, 0.5) is 11.5 Å². The number of ether oxygens (including phenoxy) is 1. The highest BCUT2D eigenvalue weighted by atomic mass is 35.5. The number of carboxylic acids is 1. The Bertz CT molecular complexity index is 1250. The molecule has 2 atom stereocenters. The molecule has 4 rings (SSSR count). The van der Waals surface area contributed by atoms with Crippen LogP contribution < -0.4 is 10.6 Å². The van der Waals surface area contributed by atoms with Crippen molar-refractivity contribution in [3.8, 4) is 6.07 Å². The van der Waals surface area contributed by atoms with Crippen LogP contribution in [0.3, 0.4) is 0 Å². The van der Waals surface area contributed by atoms with Crippen LogP contribution in [0.15, 0.2) is 24.3 Å². The van der Waals surface area contributed by atoms with Crippen molar-refractivity contribution in [3.05, 3.63) is 51.9 Å². The Morgan fingerprint density at radius 3 is 2.88 bits per heavy atom. The number of halogens is 1. The Morgan fingerprint density at radius 1 is 1.36 bits per heavy atom. The quantitative estimate of drug-likeness (QED) is 0.438. The number of aromatic nitrogens is 3. The van der Waals surface area contributed by atoms with E-state index in [1.54, 1.807) is 6.07 Å². The zero-order valence-electron chi connectivity index (χ0n) is 18.2. The number of hydrogen-bond donors (Lipinski definition) is 3. The molecule has 2 aromatic heterocycles. The van der Waals surface area contributed by atoms with Gasteiger partial charge in [0.25, 0.3) is 0 Å². The van der Waals surface area contributed by atoms with Crippen molar-refractivity contribution in [2.75, 3.05) is 30.4 Å². The maximum absolute atomic E-state index is 11.6. The molecule has 3 heterocycles. The van der Waals surface area contributed by atoms with E-state index in [4.69, 9.17) is 21.3 Å². The van der Waals surface area contributed by atoms with E-state index in [-0.39, 0.29) is 22.6 Å². The van der Waals surface area contributed by atoms with Crippen LogP contribution in [0.2, 0.25) is 5.15 Å². The summed E-state index contributed by atoms with van der Waals surface area (Å²) in [7, 11) is 0. The van der Waals surface area contributed by atoms with Crippen molar-refractivity contribution in [1.82, 2.24) is 15.0 Å². The fourth-order valence-electron chi connectivity index (χ4n) is 3.87. The molecule has 1 aromatic carbocycles. The summed E-state index contributed by atoms with van der Waals surface area (Å²) >= 11 is 5.87. The Balaban J connectivity index is 1.71. The second-order valence-corrected chi connectivity index (χ2v) is 8.45. The van der Waals surface area contributed by atoms with E-state index >= 15 is 0 Å². The van der Waals surface area contributed by atoms with Crippen LogP contribution in [-0.4, -0.2) is 45.8 Å². The molecule has 170 valence electrons. The minimum Gasteiger partial charge on any atom is -0.476 e. The van der Waals surface area contributed by atoms with Gasteiger partial charge in [-0.05, 0) is 44.0 Å². The van der Waals surface area contributed by atoms with Crippen molar-refractivity contribution >= 4 is 40.1 Å². The first-order valence-corrected chi connectivity index (χ1v) is 10.9. The number of nitrogens with zero attached hydrogens (tertiary/aromatic N) is 4. The van der Waals surface area contributed by atoms with Gasteiger partial charge in [-0.25, -0.2) is 19.7 Å². The molecule has 9 nitrogen and oxygen atoms in total. The van der Waals surface area contributed by atoms with Crippen LogP contribution in [-0.2, 0) is 4.74 Å². The molecule has 33 heavy (non-hydrogen) atoms. The summed E-state index contributed by atoms with van der Waals surface area (Å²) < 4.78 is 5.42. The topological polar surface area (TPSA) is 133 Å². The Hall–Kier alpha value is -3.48. The van der Waals surface area contributed by atoms with Crippen LogP contribution in [0.1, 0.15) is 46.7 Å². The van der Waals surface area contributed by atoms with Gasteiger partial charge in [-0.15, -0.1) is 0 Å². The monoisotopic (exact) mass is 466 g/mol. The number of aromatic carboxylic acids is 1. The lowest BCUT2D eigenvalue weighted by Gasteiger charge is -2.20. The molecule has 0 radical (unpaired) electrons. The van der Waals surface area contributed by atoms with E-state index in [2.05, 4.69) is 26.7 Å². The first-order chi connectivity index (χ1) is 15.9. The fourth-order valence-corrected chi connectivity index (χ4v) is 4.02. The molecular weight excluding hydrogens is 444 g/mol. The zero-order valence-corrected chi connectivity index (χ0v) is 19.0. The van der Waals surface area contributed by atoms with E-state index in [0.29, 0.717) is 41.6 Å². The molecule has 0 saturated carbocycles.